The summed E-state index contributed by atoms with van der Waals surface area (Å²) < 4.78 is 5.73. The van der Waals surface area contributed by atoms with Gasteiger partial charge in [0.15, 0.2) is 0 Å². The number of aryl methyl sites for hydroxylation is 1. The van der Waals surface area contributed by atoms with Gasteiger partial charge in [0.1, 0.15) is 11.4 Å². The summed E-state index contributed by atoms with van der Waals surface area (Å²) >= 11 is 0. The fourth-order valence-electron chi connectivity index (χ4n) is 3.72. The standard InChI is InChI=1S/C27H26N2O3/c1-17(2)32-22-15-13-20(14-16-22)24-25(28-23-12-8-9-18(3)19(23)4)27(31)29(26(24)30)21-10-6-5-7-11-21/h5-17,28H,1-4H3. The van der Waals surface area contributed by atoms with Gasteiger partial charge in [-0.2, -0.15) is 0 Å². The minimum Gasteiger partial charge on any atom is -0.491 e. The van der Waals surface area contributed by atoms with Crippen LogP contribution in [0.5, 0.6) is 5.75 Å². The highest BCUT2D eigenvalue weighted by atomic mass is 16.5. The third-order valence-corrected chi connectivity index (χ3v) is 5.48. The number of imide groups is 1. The molecule has 1 aliphatic heterocycles. The summed E-state index contributed by atoms with van der Waals surface area (Å²) in [5.74, 6) is -0.0174. The lowest BCUT2D eigenvalue weighted by Gasteiger charge is -2.16. The molecule has 1 heterocycles. The first kappa shape index (κ1) is 21.4. The molecular weight excluding hydrogens is 400 g/mol. The summed E-state index contributed by atoms with van der Waals surface area (Å²) in [5, 5.41) is 3.26. The van der Waals surface area contributed by atoms with Crippen LogP contribution in [0.15, 0.2) is 78.5 Å². The van der Waals surface area contributed by atoms with Gasteiger partial charge in [-0.15, -0.1) is 0 Å². The number of hydrogen-bond donors (Lipinski definition) is 1. The topological polar surface area (TPSA) is 58.6 Å². The van der Waals surface area contributed by atoms with Crippen LogP contribution < -0.4 is 15.0 Å². The summed E-state index contributed by atoms with van der Waals surface area (Å²) in [7, 11) is 0. The number of anilines is 2. The molecule has 0 unspecified atom stereocenters. The molecule has 0 fully saturated rings. The first-order valence-electron chi connectivity index (χ1n) is 10.6. The van der Waals surface area contributed by atoms with E-state index in [0.29, 0.717) is 22.6 Å². The van der Waals surface area contributed by atoms with Gasteiger partial charge in [0.2, 0.25) is 0 Å². The Hall–Kier alpha value is -3.86. The van der Waals surface area contributed by atoms with Gasteiger partial charge in [0.25, 0.3) is 11.8 Å². The molecule has 4 rings (SSSR count). The number of rotatable bonds is 6. The number of nitrogens with zero attached hydrogens (tertiary/aromatic N) is 1. The highest BCUT2D eigenvalue weighted by Gasteiger charge is 2.40. The summed E-state index contributed by atoms with van der Waals surface area (Å²) in [4.78, 5) is 28.2. The van der Waals surface area contributed by atoms with Gasteiger partial charge >= 0.3 is 0 Å². The van der Waals surface area contributed by atoms with Gasteiger partial charge < -0.3 is 10.1 Å². The predicted molar refractivity (Wildman–Crippen MR) is 128 cm³/mol. The molecule has 0 atom stereocenters. The van der Waals surface area contributed by atoms with Crippen molar-refractivity contribution in [3.63, 3.8) is 0 Å². The van der Waals surface area contributed by atoms with Crippen LogP contribution in [0.25, 0.3) is 5.57 Å². The molecule has 0 spiro atoms. The molecule has 5 heteroatoms. The van der Waals surface area contributed by atoms with Crippen molar-refractivity contribution in [2.75, 3.05) is 10.2 Å². The average molecular weight is 427 g/mol. The van der Waals surface area contributed by atoms with Gasteiger partial charge in [0, 0.05) is 5.69 Å². The fraction of sp³-hybridized carbons (Fsp3) is 0.185. The van der Waals surface area contributed by atoms with Crippen molar-refractivity contribution in [2.24, 2.45) is 0 Å². The minimum absolute atomic E-state index is 0.0462. The van der Waals surface area contributed by atoms with E-state index < -0.39 is 0 Å². The van der Waals surface area contributed by atoms with E-state index in [-0.39, 0.29) is 23.6 Å². The van der Waals surface area contributed by atoms with E-state index in [0.717, 1.165) is 16.8 Å². The van der Waals surface area contributed by atoms with Crippen LogP contribution in [-0.4, -0.2) is 17.9 Å². The largest absolute Gasteiger partial charge is 0.491 e. The van der Waals surface area contributed by atoms with Crippen molar-refractivity contribution >= 4 is 28.8 Å². The zero-order valence-electron chi connectivity index (χ0n) is 18.7. The molecule has 2 amide bonds. The lowest BCUT2D eigenvalue weighted by atomic mass is 10.0. The lowest BCUT2D eigenvalue weighted by Crippen LogP contribution is -2.32. The van der Waals surface area contributed by atoms with E-state index in [9.17, 15) is 9.59 Å². The van der Waals surface area contributed by atoms with Gasteiger partial charge in [-0.25, -0.2) is 4.90 Å². The van der Waals surface area contributed by atoms with Crippen molar-refractivity contribution in [3.05, 3.63) is 95.2 Å². The summed E-state index contributed by atoms with van der Waals surface area (Å²) in [5.41, 5.74) is 4.74. The normalized spacial score (nSPS) is 13.8. The van der Waals surface area contributed by atoms with E-state index in [1.165, 1.54) is 4.90 Å². The lowest BCUT2D eigenvalue weighted by molar-refractivity contribution is -0.120. The summed E-state index contributed by atoms with van der Waals surface area (Å²) in [6.07, 6.45) is 0.0462. The zero-order valence-corrected chi connectivity index (χ0v) is 18.7. The Bertz CT molecular complexity index is 1200. The molecule has 162 valence electrons. The maximum absolute atomic E-state index is 13.5. The smallest absolute Gasteiger partial charge is 0.282 e. The number of para-hydroxylation sites is 1. The number of ether oxygens (including phenoxy) is 1. The van der Waals surface area contributed by atoms with Crippen LogP contribution in [0.4, 0.5) is 11.4 Å². The second-order valence-corrected chi connectivity index (χ2v) is 8.09. The van der Waals surface area contributed by atoms with E-state index in [4.69, 9.17) is 4.74 Å². The number of nitrogens with one attached hydrogen (secondary N) is 1. The molecule has 32 heavy (non-hydrogen) atoms. The molecule has 0 aromatic heterocycles. The van der Waals surface area contributed by atoms with E-state index in [1.807, 2.05) is 88.4 Å². The van der Waals surface area contributed by atoms with Crippen molar-refractivity contribution in [2.45, 2.75) is 33.8 Å². The number of benzene rings is 3. The molecule has 3 aromatic carbocycles. The molecule has 0 saturated carbocycles. The van der Waals surface area contributed by atoms with E-state index in [1.54, 1.807) is 12.1 Å². The Kier molecular flexibility index (Phi) is 5.82. The maximum atomic E-state index is 13.5. The van der Waals surface area contributed by atoms with Crippen LogP contribution in [0.3, 0.4) is 0 Å². The van der Waals surface area contributed by atoms with Crippen LogP contribution in [0.2, 0.25) is 0 Å². The molecule has 1 N–H and O–H groups in total. The molecule has 5 nitrogen and oxygen atoms in total. The summed E-state index contributed by atoms with van der Waals surface area (Å²) in [6, 6.07) is 22.1. The highest BCUT2D eigenvalue weighted by molar-refractivity contribution is 6.46. The molecular formula is C27H26N2O3. The van der Waals surface area contributed by atoms with Gasteiger partial charge in [-0.05, 0) is 74.7 Å². The predicted octanol–water partition coefficient (Wildman–Crippen LogP) is 5.49. The first-order chi connectivity index (χ1) is 15.4. The Morgan fingerprint density at radius 2 is 1.50 bits per heavy atom. The number of hydrogen-bond acceptors (Lipinski definition) is 4. The van der Waals surface area contributed by atoms with Gasteiger partial charge in [-0.1, -0.05) is 42.5 Å². The van der Waals surface area contributed by atoms with Crippen molar-refractivity contribution in [1.82, 2.24) is 0 Å². The Labute approximate surface area is 188 Å². The minimum atomic E-state index is -0.375. The van der Waals surface area contributed by atoms with Gasteiger partial charge in [-0.3, -0.25) is 9.59 Å². The third-order valence-electron chi connectivity index (χ3n) is 5.48. The Morgan fingerprint density at radius 3 is 2.16 bits per heavy atom. The highest BCUT2D eigenvalue weighted by Crippen LogP contribution is 2.35. The molecule has 0 saturated heterocycles. The second kappa shape index (κ2) is 8.71. The van der Waals surface area contributed by atoms with Crippen LogP contribution in [0, 0.1) is 13.8 Å². The second-order valence-electron chi connectivity index (χ2n) is 8.09. The molecule has 1 aliphatic rings. The van der Waals surface area contributed by atoms with E-state index in [2.05, 4.69) is 5.32 Å². The first-order valence-corrected chi connectivity index (χ1v) is 10.6. The fourth-order valence-corrected chi connectivity index (χ4v) is 3.72. The quantitative estimate of drug-likeness (QED) is 0.530. The van der Waals surface area contributed by atoms with Crippen LogP contribution in [0.1, 0.15) is 30.5 Å². The van der Waals surface area contributed by atoms with Crippen molar-refractivity contribution < 1.29 is 14.3 Å². The Balaban J connectivity index is 1.80. The van der Waals surface area contributed by atoms with Crippen molar-refractivity contribution in [3.8, 4) is 5.75 Å². The molecule has 0 bridgehead atoms. The number of amides is 2. The van der Waals surface area contributed by atoms with Crippen LogP contribution in [-0.2, 0) is 9.59 Å². The molecule has 0 aliphatic carbocycles. The SMILES string of the molecule is Cc1cccc(NC2=C(c3ccc(OC(C)C)cc3)C(=O)N(c3ccccc3)C2=O)c1C. The molecule has 3 aromatic rings. The molecule has 0 radical (unpaired) electrons. The number of carbonyl (C=O) groups is 2. The average Bonchev–Trinajstić information content (AvgIpc) is 3.01. The van der Waals surface area contributed by atoms with E-state index >= 15 is 0 Å². The van der Waals surface area contributed by atoms with Crippen molar-refractivity contribution in [1.29, 1.82) is 0 Å². The number of carbonyl (C=O) groups excluding carboxylic acids is 2. The Morgan fingerprint density at radius 1 is 0.812 bits per heavy atom. The van der Waals surface area contributed by atoms with Gasteiger partial charge in [0.05, 0.1) is 17.4 Å². The third kappa shape index (κ3) is 4.02. The zero-order chi connectivity index (χ0) is 22.8. The summed E-state index contributed by atoms with van der Waals surface area (Å²) in [6.45, 7) is 7.92. The monoisotopic (exact) mass is 426 g/mol. The van der Waals surface area contributed by atoms with Crippen LogP contribution >= 0.6 is 0 Å². The maximum Gasteiger partial charge on any atom is 0.282 e.